The fourth-order valence-corrected chi connectivity index (χ4v) is 5.90. The summed E-state index contributed by atoms with van der Waals surface area (Å²) in [5.74, 6) is 0.636. The van der Waals surface area contributed by atoms with E-state index in [0.717, 1.165) is 19.4 Å². The van der Waals surface area contributed by atoms with Gasteiger partial charge in [0, 0.05) is 32.2 Å². The summed E-state index contributed by atoms with van der Waals surface area (Å²) >= 11 is 0. The zero-order valence-corrected chi connectivity index (χ0v) is 14.5. The molecule has 3 aliphatic heterocycles. The number of piperidine rings is 1. The maximum absolute atomic E-state index is 12.8. The Bertz CT molecular complexity index is 460. The van der Waals surface area contributed by atoms with Gasteiger partial charge < -0.3 is 10.1 Å². The molecule has 1 N–H and O–H groups in total. The Kier molecular flexibility index (Phi) is 5.09. The largest absolute Gasteiger partial charge is 0.373 e. The van der Waals surface area contributed by atoms with Crippen LogP contribution in [0.5, 0.6) is 0 Å². The van der Waals surface area contributed by atoms with E-state index in [1.807, 2.05) is 13.8 Å². The van der Waals surface area contributed by atoms with Crippen LogP contribution in [0, 0.1) is 5.92 Å². The highest BCUT2D eigenvalue weighted by molar-refractivity contribution is 7.86. The second-order valence-corrected chi connectivity index (χ2v) is 8.95. The number of nitrogens with one attached hydrogen (secondary N) is 1. The van der Waals surface area contributed by atoms with E-state index >= 15 is 0 Å². The first-order valence-electron chi connectivity index (χ1n) is 8.61. The molecule has 128 valence electrons. The van der Waals surface area contributed by atoms with Crippen molar-refractivity contribution in [3.63, 3.8) is 0 Å². The van der Waals surface area contributed by atoms with Gasteiger partial charge in [-0.2, -0.15) is 17.0 Å². The van der Waals surface area contributed by atoms with Gasteiger partial charge in [-0.1, -0.05) is 0 Å². The molecule has 22 heavy (non-hydrogen) atoms. The average molecular weight is 331 g/mol. The summed E-state index contributed by atoms with van der Waals surface area (Å²) in [6.45, 7) is 7.25. The molecule has 3 rings (SSSR count). The van der Waals surface area contributed by atoms with E-state index in [4.69, 9.17) is 4.74 Å². The van der Waals surface area contributed by atoms with Crippen LogP contribution < -0.4 is 5.32 Å². The second-order valence-electron chi connectivity index (χ2n) is 7.02. The van der Waals surface area contributed by atoms with Crippen LogP contribution in [0.1, 0.15) is 39.5 Å². The van der Waals surface area contributed by atoms with Gasteiger partial charge in [0.1, 0.15) is 0 Å². The summed E-state index contributed by atoms with van der Waals surface area (Å²) in [6, 6.07) is 0.605. The number of morpholine rings is 1. The highest BCUT2D eigenvalue weighted by atomic mass is 32.2. The fourth-order valence-electron chi connectivity index (χ4n) is 4.11. The van der Waals surface area contributed by atoms with E-state index in [2.05, 4.69) is 5.32 Å². The van der Waals surface area contributed by atoms with Gasteiger partial charge in [0.15, 0.2) is 0 Å². The Morgan fingerprint density at radius 3 is 2.18 bits per heavy atom. The summed E-state index contributed by atoms with van der Waals surface area (Å²) in [7, 11) is -3.33. The van der Waals surface area contributed by atoms with Crippen molar-refractivity contribution in [3.05, 3.63) is 0 Å². The Morgan fingerprint density at radius 1 is 1.00 bits per heavy atom. The highest BCUT2D eigenvalue weighted by Crippen LogP contribution is 2.28. The second kappa shape index (κ2) is 6.73. The molecule has 3 saturated heterocycles. The molecule has 0 amide bonds. The van der Waals surface area contributed by atoms with E-state index in [1.165, 1.54) is 12.8 Å². The Hall–Kier alpha value is -0.210. The molecule has 7 heteroatoms. The number of rotatable bonds is 3. The highest BCUT2D eigenvalue weighted by Gasteiger charge is 2.38. The fraction of sp³-hybridized carbons (Fsp3) is 1.00. The van der Waals surface area contributed by atoms with Crippen molar-refractivity contribution < 1.29 is 13.2 Å². The van der Waals surface area contributed by atoms with E-state index in [1.54, 1.807) is 8.61 Å². The first kappa shape index (κ1) is 16.6. The number of nitrogens with zero attached hydrogens (tertiary/aromatic N) is 2. The molecule has 0 saturated carbocycles. The number of ether oxygens (including phenoxy) is 1. The molecular weight excluding hydrogens is 302 g/mol. The Morgan fingerprint density at radius 2 is 1.64 bits per heavy atom. The summed E-state index contributed by atoms with van der Waals surface area (Å²) in [6.07, 6.45) is 4.40. The SMILES string of the molecule is CC1CN(S(=O)(=O)N2CCC(C3CCCN3)CC2)CC(C)O1. The van der Waals surface area contributed by atoms with Crippen molar-refractivity contribution in [2.45, 2.75) is 57.8 Å². The first-order valence-corrected chi connectivity index (χ1v) is 10.0. The summed E-state index contributed by atoms with van der Waals surface area (Å²) in [5.41, 5.74) is 0. The van der Waals surface area contributed by atoms with Crippen LogP contribution in [0.15, 0.2) is 0 Å². The van der Waals surface area contributed by atoms with Gasteiger partial charge >= 0.3 is 0 Å². The predicted octanol–water partition coefficient (Wildman–Crippen LogP) is 0.804. The van der Waals surface area contributed by atoms with Gasteiger partial charge in [-0.25, -0.2) is 0 Å². The number of hydrogen-bond donors (Lipinski definition) is 1. The van der Waals surface area contributed by atoms with Crippen molar-refractivity contribution in [3.8, 4) is 0 Å². The lowest BCUT2D eigenvalue weighted by Gasteiger charge is -2.40. The van der Waals surface area contributed by atoms with Crippen LogP contribution in [0.4, 0.5) is 0 Å². The van der Waals surface area contributed by atoms with Gasteiger partial charge in [0.2, 0.25) is 0 Å². The lowest BCUT2D eigenvalue weighted by molar-refractivity contribution is -0.0457. The molecule has 6 nitrogen and oxygen atoms in total. The third kappa shape index (κ3) is 3.48. The third-order valence-electron chi connectivity index (χ3n) is 5.20. The zero-order chi connectivity index (χ0) is 15.7. The molecule has 3 atom stereocenters. The zero-order valence-electron chi connectivity index (χ0n) is 13.7. The maximum atomic E-state index is 12.8. The topological polar surface area (TPSA) is 61.9 Å². The molecule has 0 bridgehead atoms. The Balaban J connectivity index is 1.59. The lowest BCUT2D eigenvalue weighted by Crippen LogP contribution is -2.54. The number of hydrogen-bond acceptors (Lipinski definition) is 4. The first-order chi connectivity index (χ1) is 10.5. The van der Waals surface area contributed by atoms with Gasteiger partial charge in [-0.15, -0.1) is 0 Å². The van der Waals surface area contributed by atoms with E-state index < -0.39 is 10.2 Å². The van der Waals surface area contributed by atoms with Crippen molar-refractivity contribution in [1.29, 1.82) is 0 Å². The monoisotopic (exact) mass is 331 g/mol. The summed E-state index contributed by atoms with van der Waals surface area (Å²) in [4.78, 5) is 0. The van der Waals surface area contributed by atoms with E-state index in [0.29, 0.717) is 38.1 Å². The summed E-state index contributed by atoms with van der Waals surface area (Å²) < 4.78 is 34.6. The average Bonchev–Trinajstić information content (AvgIpc) is 3.00. The van der Waals surface area contributed by atoms with Crippen LogP contribution >= 0.6 is 0 Å². The van der Waals surface area contributed by atoms with Crippen LogP contribution in [0.3, 0.4) is 0 Å². The third-order valence-corrected chi connectivity index (χ3v) is 7.17. The predicted molar refractivity (Wildman–Crippen MR) is 85.8 cm³/mol. The molecule has 0 aliphatic carbocycles. The van der Waals surface area contributed by atoms with Crippen molar-refractivity contribution in [1.82, 2.24) is 13.9 Å². The smallest absolute Gasteiger partial charge is 0.282 e. The molecule has 0 spiro atoms. The molecule has 3 heterocycles. The molecule has 3 fully saturated rings. The Labute approximate surface area is 134 Å². The standard InChI is InChI=1S/C15H29N3O3S/c1-12-10-18(11-13(2)21-12)22(19,20)17-8-5-14(6-9-17)15-4-3-7-16-15/h12-16H,3-11H2,1-2H3. The molecule has 0 aromatic heterocycles. The van der Waals surface area contributed by atoms with Crippen LogP contribution in [0.25, 0.3) is 0 Å². The molecular formula is C15H29N3O3S. The summed E-state index contributed by atoms with van der Waals surface area (Å²) in [5, 5.41) is 3.56. The van der Waals surface area contributed by atoms with Crippen molar-refractivity contribution >= 4 is 10.2 Å². The minimum atomic E-state index is -3.33. The van der Waals surface area contributed by atoms with Crippen LogP contribution in [0.2, 0.25) is 0 Å². The molecule has 0 radical (unpaired) electrons. The van der Waals surface area contributed by atoms with Gasteiger partial charge in [0.05, 0.1) is 12.2 Å². The maximum Gasteiger partial charge on any atom is 0.282 e. The van der Waals surface area contributed by atoms with Crippen LogP contribution in [-0.4, -0.2) is 68.0 Å². The molecule has 3 aliphatic rings. The molecule has 0 aromatic carbocycles. The van der Waals surface area contributed by atoms with Gasteiger partial charge in [-0.3, -0.25) is 0 Å². The van der Waals surface area contributed by atoms with Crippen molar-refractivity contribution in [2.24, 2.45) is 5.92 Å². The lowest BCUT2D eigenvalue weighted by atomic mass is 9.89. The molecule has 0 aromatic rings. The minimum absolute atomic E-state index is 0.0289. The van der Waals surface area contributed by atoms with E-state index in [-0.39, 0.29) is 12.2 Å². The van der Waals surface area contributed by atoms with Crippen LogP contribution in [-0.2, 0) is 14.9 Å². The normalized spacial score (nSPS) is 36.7. The van der Waals surface area contributed by atoms with Gasteiger partial charge in [-0.05, 0) is 52.0 Å². The quantitative estimate of drug-likeness (QED) is 0.831. The van der Waals surface area contributed by atoms with E-state index in [9.17, 15) is 8.42 Å². The van der Waals surface area contributed by atoms with Crippen molar-refractivity contribution in [2.75, 3.05) is 32.7 Å². The molecule has 3 unspecified atom stereocenters. The minimum Gasteiger partial charge on any atom is -0.373 e. The van der Waals surface area contributed by atoms with Gasteiger partial charge in [0.25, 0.3) is 10.2 Å².